The zero-order valence-corrected chi connectivity index (χ0v) is 20.9. The van der Waals surface area contributed by atoms with Crippen LogP contribution in [0.25, 0.3) is 55.8 Å². The predicted molar refractivity (Wildman–Crippen MR) is 147 cm³/mol. The Kier molecular flexibility index (Phi) is 5.74. The molecular formula is C29H25FN8O. The predicted octanol–water partition coefficient (Wildman–Crippen LogP) is 5.68. The van der Waals surface area contributed by atoms with Gasteiger partial charge in [-0.2, -0.15) is 5.10 Å². The van der Waals surface area contributed by atoms with E-state index in [1.165, 1.54) is 6.07 Å². The molecule has 0 bridgehead atoms. The lowest BCUT2D eigenvalue weighted by molar-refractivity contribution is 0.137. The van der Waals surface area contributed by atoms with Crippen LogP contribution >= 0.6 is 0 Å². The van der Waals surface area contributed by atoms with Gasteiger partial charge in [0.1, 0.15) is 23.3 Å². The van der Waals surface area contributed by atoms with Gasteiger partial charge >= 0.3 is 0 Å². The first-order valence-electron chi connectivity index (χ1n) is 13.0. The minimum Gasteiger partial charge on any atom is -0.374 e. The molecule has 0 spiro atoms. The molecule has 1 aliphatic carbocycles. The van der Waals surface area contributed by atoms with Crippen LogP contribution in [0.1, 0.15) is 25.7 Å². The van der Waals surface area contributed by atoms with Gasteiger partial charge in [-0.1, -0.05) is 18.9 Å². The maximum atomic E-state index is 15.3. The summed E-state index contributed by atoms with van der Waals surface area (Å²) in [7, 11) is 0. The zero-order chi connectivity index (χ0) is 26.3. The molecule has 0 amide bonds. The van der Waals surface area contributed by atoms with Gasteiger partial charge in [0.05, 0.1) is 17.4 Å². The van der Waals surface area contributed by atoms with Crippen molar-refractivity contribution in [1.82, 2.24) is 35.1 Å². The van der Waals surface area contributed by atoms with E-state index in [2.05, 4.69) is 35.5 Å². The average molecular weight is 521 g/mol. The molecule has 9 nitrogen and oxygen atoms in total. The molecule has 4 N–H and O–H groups in total. The molecular weight excluding hydrogens is 495 g/mol. The van der Waals surface area contributed by atoms with Crippen molar-refractivity contribution in [3.05, 3.63) is 73.2 Å². The Bertz CT molecular complexity index is 1790. The lowest BCUT2D eigenvalue weighted by Gasteiger charge is -2.20. The van der Waals surface area contributed by atoms with E-state index >= 15 is 4.39 Å². The van der Waals surface area contributed by atoms with Gasteiger partial charge in [0, 0.05) is 64.4 Å². The molecule has 6 aromatic rings. The zero-order valence-electron chi connectivity index (χ0n) is 20.9. The number of pyridine rings is 3. The maximum Gasteiger partial charge on any atom is 0.160 e. The molecule has 1 fully saturated rings. The number of aromatic amines is 2. The SMILES string of the molecule is OC(Nc1cncc(-c2cc3c(-c4nc5c(-c6cccnc6)ccnc5[nH]4)n[nH]c3cc2F)c1)C1CCCC1. The number of halogens is 1. The molecule has 0 saturated heterocycles. The van der Waals surface area contributed by atoms with Crippen LogP contribution in [0.2, 0.25) is 0 Å². The van der Waals surface area contributed by atoms with Crippen LogP contribution in [0.15, 0.2) is 67.4 Å². The van der Waals surface area contributed by atoms with Crippen molar-refractivity contribution in [2.24, 2.45) is 5.92 Å². The van der Waals surface area contributed by atoms with Crippen molar-refractivity contribution < 1.29 is 9.50 Å². The molecule has 0 radical (unpaired) electrons. The molecule has 1 atom stereocenters. The summed E-state index contributed by atoms with van der Waals surface area (Å²) in [6, 6.07) is 10.7. The van der Waals surface area contributed by atoms with Gasteiger partial charge in [0.15, 0.2) is 11.5 Å². The highest BCUT2D eigenvalue weighted by atomic mass is 19.1. The molecule has 7 rings (SSSR count). The quantitative estimate of drug-likeness (QED) is 0.208. The van der Waals surface area contributed by atoms with Crippen molar-refractivity contribution in [3.8, 4) is 33.8 Å². The average Bonchev–Trinajstić information content (AvgIpc) is 3.72. The van der Waals surface area contributed by atoms with Crippen molar-refractivity contribution in [1.29, 1.82) is 0 Å². The van der Waals surface area contributed by atoms with E-state index in [0.29, 0.717) is 50.4 Å². The van der Waals surface area contributed by atoms with Gasteiger partial charge in [0.2, 0.25) is 0 Å². The molecule has 0 aliphatic heterocycles. The molecule has 39 heavy (non-hydrogen) atoms. The third-order valence-corrected chi connectivity index (χ3v) is 7.44. The fraction of sp³-hybridized carbons (Fsp3) is 0.207. The standard InChI is InChI=1S/C29H25FN8O/c30-23-12-24-22(11-21(23)18-10-19(15-32-14-18)34-29(39)16-4-1-2-5-16)26(38-37-24)28-35-25-20(7-9-33-27(25)36-28)17-6-3-8-31-13-17/h3,6-16,29,34,39H,1-2,4-5H2,(H,37,38)(H,33,35,36). The summed E-state index contributed by atoms with van der Waals surface area (Å²) in [5.41, 5.74) is 5.86. The maximum absolute atomic E-state index is 15.3. The Hall–Kier alpha value is -4.70. The number of nitrogens with zero attached hydrogens (tertiary/aromatic N) is 5. The number of anilines is 1. The van der Waals surface area contributed by atoms with Crippen LogP contribution in [-0.2, 0) is 0 Å². The lowest BCUT2D eigenvalue weighted by Crippen LogP contribution is -2.26. The van der Waals surface area contributed by atoms with E-state index in [4.69, 9.17) is 4.98 Å². The monoisotopic (exact) mass is 520 g/mol. The van der Waals surface area contributed by atoms with Gasteiger partial charge in [0.25, 0.3) is 0 Å². The largest absolute Gasteiger partial charge is 0.374 e. The third-order valence-electron chi connectivity index (χ3n) is 7.44. The van der Waals surface area contributed by atoms with Crippen LogP contribution < -0.4 is 5.32 Å². The highest BCUT2D eigenvalue weighted by molar-refractivity contribution is 5.97. The third kappa shape index (κ3) is 4.28. The summed E-state index contributed by atoms with van der Waals surface area (Å²) >= 11 is 0. The highest BCUT2D eigenvalue weighted by Crippen LogP contribution is 2.35. The number of rotatable bonds is 6. The van der Waals surface area contributed by atoms with E-state index in [1.54, 1.807) is 43.1 Å². The second-order valence-electron chi connectivity index (χ2n) is 9.93. The van der Waals surface area contributed by atoms with Crippen molar-refractivity contribution in [2.45, 2.75) is 31.9 Å². The minimum atomic E-state index is -0.657. The van der Waals surface area contributed by atoms with Gasteiger partial charge in [-0.3, -0.25) is 15.1 Å². The number of hydrogen-bond acceptors (Lipinski definition) is 7. The molecule has 1 unspecified atom stereocenters. The molecule has 1 saturated carbocycles. The summed E-state index contributed by atoms with van der Waals surface area (Å²) in [6.07, 6.45) is 12.1. The first-order chi connectivity index (χ1) is 19.1. The Morgan fingerprint density at radius 1 is 0.974 bits per heavy atom. The lowest BCUT2D eigenvalue weighted by atomic mass is 10.0. The first kappa shape index (κ1) is 23.4. The molecule has 10 heteroatoms. The van der Waals surface area contributed by atoms with Crippen LogP contribution in [0.4, 0.5) is 10.1 Å². The van der Waals surface area contributed by atoms with E-state index in [1.807, 2.05) is 18.2 Å². The number of H-pyrrole nitrogens is 2. The molecule has 5 aromatic heterocycles. The van der Waals surface area contributed by atoms with Crippen molar-refractivity contribution in [3.63, 3.8) is 0 Å². The van der Waals surface area contributed by atoms with Crippen LogP contribution in [0.3, 0.4) is 0 Å². The molecule has 5 heterocycles. The fourth-order valence-electron chi connectivity index (χ4n) is 5.45. The molecule has 194 valence electrons. The normalized spacial score (nSPS) is 14.8. The van der Waals surface area contributed by atoms with Gasteiger partial charge in [-0.25, -0.2) is 14.4 Å². The Labute approximate surface area is 222 Å². The van der Waals surface area contributed by atoms with Gasteiger partial charge in [-0.05, 0) is 37.1 Å². The van der Waals surface area contributed by atoms with E-state index in [-0.39, 0.29) is 5.92 Å². The number of nitrogens with one attached hydrogen (secondary N) is 3. The highest BCUT2D eigenvalue weighted by Gasteiger charge is 2.23. The van der Waals surface area contributed by atoms with E-state index in [9.17, 15) is 5.11 Å². The molecule has 1 aromatic carbocycles. The number of fused-ring (bicyclic) bond motifs is 2. The van der Waals surface area contributed by atoms with Gasteiger partial charge < -0.3 is 15.4 Å². The van der Waals surface area contributed by atoms with Crippen LogP contribution in [-0.4, -0.2) is 46.5 Å². The number of aliphatic hydroxyl groups excluding tert-OH is 1. The molecule has 1 aliphatic rings. The van der Waals surface area contributed by atoms with Gasteiger partial charge in [-0.15, -0.1) is 0 Å². The van der Waals surface area contributed by atoms with Crippen LogP contribution in [0.5, 0.6) is 0 Å². The van der Waals surface area contributed by atoms with E-state index in [0.717, 1.165) is 36.8 Å². The number of hydrogen-bond donors (Lipinski definition) is 4. The second-order valence-corrected chi connectivity index (χ2v) is 9.93. The summed E-state index contributed by atoms with van der Waals surface area (Å²) in [5.74, 6) is 0.330. The van der Waals surface area contributed by atoms with E-state index < -0.39 is 12.0 Å². The van der Waals surface area contributed by atoms with Crippen molar-refractivity contribution in [2.75, 3.05) is 5.32 Å². The summed E-state index contributed by atoms with van der Waals surface area (Å²) in [6.45, 7) is 0. The summed E-state index contributed by atoms with van der Waals surface area (Å²) < 4.78 is 15.3. The first-order valence-corrected chi connectivity index (χ1v) is 13.0. The second kappa shape index (κ2) is 9.55. The van der Waals surface area contributed by atoms with Crippen molar-refractivity contribution >= 4 is 27.8 Å². The Morgan fingerprint density at radius 3 is 2.69 bits per heavy atom. The fourth-order valence-corrected chi connectivity index (χ4v) is 5.45. The Morgan fingerprint density at radius 2 is 1.85 bits per heavy atom. The summed E-state index contributed by atoms with van der Waals surface area (Å²) in [4.78, 5) is 21.0. The van der Waals surface area contributed by atoms with Crippen LogP contribution in [0, 0.1) is 11.7 Å². The summed E-state index contributed by atoms with van der Waals surface area (Å²) in [5, 5.41) is 21.8. The topological polar surface area (TPSA) is 128 Å². The number of aliphatic hydroxyl groups is 1. The Balaban J connectivity index is 1.27. The minimum absolute atomic E-state index is 0.215. The number of aromatic nitrogens is 7. The number of imidazole rings is 1. The number of benzene rings is 1. The smallest absolute Gasteiger partial charge is 0.160 e.